The average Bonchev–Trinajstić information content (AvgIpc) is 2.70. The molecule has 16 heavy (non-hydrogen) atoms. The maximum absolute atomic E-state index is 13.5. The fourth-order valence-corrected chi connectivity index (χ4v) is 3.09. The molecule has 0 radical (unpaired) electrons. The molecule has 1 aliphatic carbocycles. The van der Waals surface area contributed by atoms with Crippen molar-refractivity contribution in [3.63, 3.8) is 0 Å². The van der Waals surface area contributed by atoms with Gasteiger partial charge < -0.3 is 5.32 Å². The monoisotopic (exact) mass is 217 g/mol. The molecule has 3 nitrogen and oxygen atoms in total. The van der Waals surface area contributed by atoms with Gasteiger partial charge in [0.1, 0.15) is 11.3 Å². The van der Waals surface area contributed by atoms with Crippen molar-refractivity contribution in [1.82, 2.24) is 15.5 Å². The van der Waals surface area contributed by atoms with E-state index in [2.05, 4.69) is 15.5 Å². The van der Waals surface area contributed by atoms with Crippen molar-refractivity contribution in [2.24, 2.45) is 5.92 Å². The molecule has 1 aromatic carbocycles. The molecule has 1 aromatic heterocycles. The zero-order chi connectivity index (χ0) is 10.8. The highest BCUT2D eigenvalue weighted by molar-refractivity contribution is 5.83. The molecule has 2 unspecified atom stereocenters. The number of fused-ring (bicyclic) bond motifs is 2. The first-order valence-electron chi connectivity index (χ1n) is 5.65. The van der Waals surface area contributed by atoms with Gasteiger partial charge >= 0.3 is 0 Å². The Bertz CT molecular complexity index is 577. The standard InChI is InChI=1S/C12H12FN3/c13-9-3-1-2-8-10(9)15-16-11(8)12-4-7(12)5-14-6-12/h1-3,7,14H,4-6H2,(H,15,16). The van der Waals surface area contributed by atoms with Gasteiger partial charge in [0, 0.05) is 17.3 Å². The minimum Gasteiger partial charge on any atom is -0.315 e. The number of hydrogen-bond acceptors (Lipinski definition) is 2. The number of H-pyrrole nitrogens is 1. The van der Waals surface area contributed by atoms with Crippen LogP contribution in [-0.2, 0) is 5.41 Å². The van der Waals surface area contributed by atoms with Crippen LogP contribution in [0.3, 0.4) is 0 Å². The third kappa shape index (κ3) is 0.888. The number of halogens is 1. The van der Waals surface area contributed by atoms with Gasteiger partial charge in [-0.2, -0.15) is 5.10 Å². The van der Waals surface area contributed by atoms with Crippen LogP contribution in [0.5, 0.6) is 0 Å². The van der Waals surface area contributed by atoms with Crippen molar-refractivity contribution in [2.75, 3.05) is 13.1 Å². The third-order valence-electron chi connectivity index (χ3n) is 4.08. The smallest absolute Gasteiger partial charge is 0.148 e. The first kappa shape index (κ1) is 8.70. The predicted molar refractivity (Wildman–Crippen MR) is 58.7 cm³/mol. The van der Waals surface area contributed by atoms with E-state index in [-0.39, 0.29) is 11.2 Å². The highest BCUT2D eigenvalue weighted by Crippen LogP contribution is 2.57. The highest BCUT2D eigenvalue weighted by atomic mass is 19.1. The quantitative estimate of drug-likeness (QED) is 0.761. The lowest BCUT2D eigenvalue weighted by atomic mass is 9.98. The van der Waals surface area contributed by atoms with Crippen LogP contribution in [0.2, 0.25) is 0 Å². The molecule has 1 saturated carbocycles. The Morgan fingerprint density at radius 3 is 3.12 bits per heavy atom. The van der Waals surface area contributed by atoms with E-state index in [1.165, 1.54) is 12.5 Å². The Morgan fingerprint density at radius 1 is 1.44 bits per heavy atom. The molecule has 2 aromatic rings. The van der Waals surface area contributed by atoms with Crippen molar-refractivity contribution in [2.45, 2.75) is 11.8 Å². The topological polar surface area (TPSA) is 40.7 Å². The summed E-state index contributed by atoms with van der Waals surface area (Å²) >= 11 is 0. The summed E-state index contributed by atoms with van der Waals surface area (Å²) in [5.41, 5.74) is 1.79. The van der Waals surface area contributed by atoms with Crippen LogP contribution in [0, 0.1) is 11.7 Å². The van der Waals surface area contributed by atoms with Crippen molar-refractivity contribution in [3.05, 3.63) is 29.7 Å². The Kier molecular flexibility index (Phi) is 1.43. The molecule has 2 fully saturated rings. The van der Waals surface area contributed by atoms with E-state index < -0.39 is 0 Å². The summed E-state index contributed by atoms with van der Waals surface area (Å²) in [6, 6.07) is 5.19. The fraction of sp³-hybridized carbons (Fsp3) is 0.417. The Labute approximate surface area is 92.0 Å². The number of benzene rings is 1. The van der Waals surface area contributed by atoms with Gasteiger partial charge in [0.15, 0.2) is 0 Å². The number of piperidine rings is 1. The van der Waals surface area contributed by atoms with Crippen molar-refractivity contribution >= 4 is 10.9 Å². The van der Waals surface area contributed by atoms with Gasteiger partial charge in [-0.05, 0) is 24.9 Å². The summed E-state index contributed by atoms with van der Waals surface area (Å²) in [7, 11) is 0. The number of para-hydroxylation sites is 1. The van der Waals surface area contributed by atoms with Crippen LogP contribution < -0.4 is 5.32 Å². The summed E-state index contributed by atoms with van der Waals surface area (Å²) in [4.78, 5) is 0. The maximum Gasteiger partial charge on any atom is 0.148 e. The van der Waals surface area contributed by atoms with E-state index in [9.17, 15) is 4.39 Å². The van der Waals surface area contributed by atoms with Crippen LogP contribution in [0.4, 0.5) is 4.39 Å². The Morgan fingerprint density at radius 2 is 2.38 bits per heavy atom. The predicted octanol–water partition coefficient (Wildman–Crippen LogP) is 1.56. The summed E-state index contributed by atoms with van der Waals surface area (Å²) < 4.78 is 13.5. The molecule has 1 aliphatic heterocycles. The van der Waals surface area contributed by atoms with Crippen molar-refractivity contribution in [3.8, 4) is 0 Å². The highest BCUT2D eigenvalue weighted by Gasteiger charge is 2.60. The van der Waals surface area contributed by atoms with Crippen LogP contribution in [-0.4, -0.2) is 23.3 Å². The molecule has 0 spiro atoms. The van der Waals surface area contributed by atoms with E-state index in [0.717, 1.165) is 24.2 Å². The fourth-order valence-electron chi connectivity index (χ4n) is 3.09. The first-order valence-corrected chi connectivity index (χ1v) is 5.65. The van der Waals surface area contributed by atoms with Crippen molar-refractivity contribution < 1.29 is 4.39 Å². The second-order valence-corrected chi connectivity index (χ2v) is 4.92. The van der Waals surface area contributed by atoms with Crippen LogP contribution in [0.1, 0.15) is 12.1 Å². The molecule has 2 aliphatic rings. The lowest BCUT2D eigenvalue weighted by molar-refractivity contribution is 0.636. The second-order valence-electron chi connectivity index (χ2n) is 4.92. The number of aromatic amines is 1. The number of rotatable bonds is 1. The van der Waals surface area contributed by atoms with E-state index in [1.807, 2.05) is 6.07 Å². The molecule has 1 saturated heterocycles. The number of aromatic nitrogens is 2. The number of hydrogen-bond donors (Lipinski definition) is 2. The van der Waals surface area contributed by atoms with E-state index in [1.54, 1.807) is 6.07 Å². The van der Waals surface area contributed by atoms with Gasteiger partial charge in [-0.15, -0.1) is 0 Å². The number of nitrogens with one attached hydrogen (secondary N) is 2. The van der Waals surface area contributed by atoms with Crippen LogP contribution in [0.15, 0.2) is 18.2 Å². The molecule has 0 bridgehead atoms. The molecule has 4 heteroatoms. The first-order chi connectivity index (χ1) is 7.81. The van der Waals surface area contributed by atoms with Gasteiger partial charge in [-0.1, -0.05) is 12.1 Å². The van der Waals surface area contributed by atoms with Gasteiger partial charge in [-0.25, -0.2) is 4.39 Å². The molecule has 2 heterocycles. The van der Waals surface area contributed by atoms with E-state index in [4.69, 9.17) is 0 Å². The molecule has 4 rings (SSSR count). The lowest BCUT2D eigenvalue weighted by Gasteiger charge is -2.08. The summed E-state index contributed by atoms with van der Waals surface area (Å²) in [6.45, 7) is 2.05. The summed E-state index contributed by atoms with van der Waals surface area (Å²) in [5.74, 6) is 0.484. The minimum atomic E-state index is -0.212. The minimum absolute atomic E-state index is 0.187. The zero-order valence-corrected chi connectivity index (χ0v) is 8.76. The van der Waals surface area contributed by atoms with Gasteiger partial charge in [0.25, 0.3) is 0 Å². The largest absolute Gasteiger partial charge is 0.315 e. The van der Waals surface area contributed by atoms with Crippen molar-refractivity contribution in [1.29, 1.82) is 0 Å². The normalized spacial score (nSPS) is 31.9. The number of nitrogens with zero attached hydrogens (tertiary/aromatic N) is 1. The van der Waals surface area contributed by atoms with Gasteiger partial charge in [-0.3, -0.25) is 5.10 Å². The molecule has 2 atom stereocenters. The average molecular weight is 217 g/mol. The lowest BCUT2D eigenvalue weighted by Crippen LogP contribution is -2.19. The van der Waals surface area contributed by atoms with Crippen LogP contribution >= 0.6 is 0 Å². The second kappa shape index (κ2) is 2.63. The van der Waals surface area contributed by atoms with Gasteiger partial charge in [0.05, 0.1) is 5.69 Å². The third-order valence-corrected chi connectivity index (χ3v) is 4.08. The summed E-state index contributed by atoms with van der Waals surface area (Å²) in [6.07, 6.45) is 1.19. The molecular weight excluding hydrogens is 205 g/mol. The van der Waals surface area contributed by atoms with Gasteiger partial charge in [0.2, 0.25) is 0 Å². The summed E-state index contributed by atoms with van der Waals surface area (Å²) in [5, 5.41) is 11.5. The SMILES string of the molecule is Fc1cccc2c(C34CNCC3C4)n[nH]c12. The Hall–Kier alpha value is -1.42. The zero-order valence-electron chi connectivity index (χ0n) is 8.76. The molecule has 82 valence electrons. The van der Waals surface area contributed by atoms with E-state index in [0.29, 0.717) is 11.4 Å². The van der Waals surface area contributed by atoms with Crippen LogP contribution in [0.25, 0.3) is 10.9 Å². The molecule has 2 N–H and O–H groups in total. The maximum atomic E-state index is 13.5. The van der Waals surface area contributed by atoms with E-state index >= 15 is 0 Å². The molecule has 0 amide bonds. The Balaban J connectivity index is 1.96. The molecular formula is C12H12FN3.